The topological polar surface area (TPSA) is 138 Å². The van der Waals surface area contributed by atoms with Crippen molar-refractivity contribution in [2.75, 3.05) is 26.4 Å². The first-order chi connectivity index (χ1) is 19.9. The summed E-state index contributed by atoms with van der Waals surface area (Å²) in [5, 5.41) is 9.99. The molecule has 0 aliphatic heterocycles. The predicted octanol–water partition coefficient (Wildman–Crippen LogP) is 6.08. The first-order valence-corrected chi connectivity index (χ1v) is 16.3. The van der Waals surface area contributed by atoms with Crippen molar-refractivity contribution in [3.63, 3.8) is 0 Å². The van der Waals surface area contributed by atoms with E-state index in [2.05, 4.69) is 6.92 Å². The van der Waals surface area contributed by atoms with Gasteiger partial charge in [-0.2, -0.15) is 0 Å². The van der Waals surface area contributed by atoms with Gasteiger partial charge in [0.15, 0.2) is 6.10 Å². The van der Waals surface area contributed by atoms with Gasteiger partial charge in [-0.3, -0.25) is 13.8 Å². The Hall–Kier alpha value is -2.10. The summed E-state index contributed by atoms with van der Waals surface area (Å²) in [7, 11) is -4.35. The molecule has 9 nitrogen and oxygen atoms in total. The molecule has 2 aromatic rings. The number of aliphatic hydroxyl groups excluding tert-OH is 1. The molecule has 0 aromatic heterocycles. The molecule has 0 spiro atoms. The monoisotopic (exact) mass is 593 g/mol. The fraction of sp³-hybridized carbons (Fsp3) is 0.581. The number of aliphatic hydroxyl groups is 1. The Bertz CT molecular complexity index is 955. The predicted molar refractivity (Wildman–Crippen MR) is 159 cm³/mol. The van der Waals surface area contributed by atoms with Crippen LogP contribution in [0.1, 0.15) is 88.4 Å². The van der Waals surface area contributed by atoms with E-state index in [0.29, 0.717) is 19.3 Å². The molecular weight excluding hydrogens is 545 g/mol. The maximum atomic E-state index is 12.7. The van der Waals surface area contributed by atoms with Crippen LogP contribution in [0.3, 0.4) is 0 Å². The van der Waals surface area contributed by atoms with E-state index in [-0.39, 0.29) is 38.8 Å². The van der Waals surface area contributed by atoms with Crippen LogP contribution in [-0.2, 0) is 27.9 Å². The minimum Gasteiger partial charge on any atom is -0.453 e. The fourth-order valence-electron chi connectivity index (χ4n) is 4.46. The van der Waals surface area contributed by atoms with Crippen LogP contribution in [0.25, 0.3) is 0 Å². The second-order valence-corrected chi connectivity index (χ2v) is 11.4. The highest BCUT2D eigenvalue weighted by molar-refractivity contribution is 7.47. The Labute approximate surface area is 245 Å². The Balaban J connectivity index is 1.85. The third kappa shape index (κ3) is 14.6. The fourth-order valence-corrected chi connectivity index (χ4v) is 5.44. The first-order valence-electron chi connectivity index (χ1n) is 14.8. The standard InChI is InChI=1S/C31H48NO8P/c1-2-3-4-5-6-13-20-28(40-41(35,36)38-24-22-32)29(25-33)37-23-15-14-21-30(34)39-31(26-16-9-7-10-17-26)27-18-11-8-12-19-27/h7-12,16-19,28-29,31,33H,2-6,13-15,20-25,32H2,1H3,(H,35,36)/t28-,29+/m1/s1. The molecule has 0 aliphatic carbocycles. The number of phosphoric ester groups is 1. The zero-order valence-electron chi connectivity index (χ0n) is 24.3. The van der Waals surface area contributed by atoms with Crippen LogP contribution in [0.15, 0.2) is 60.7 Å². The second kappa shape index (κ2) is 20.7. The summed E-state index contributed by atoms with van der Waals surface area (Å²) in [5.74, 6) is -0.316. The summed E-state index contributed by atoms with van der Waals surface area (Å²) in [4.78, 5) is 22.8. The summed E-state index contributed by atoms with van der Waals surface area (Å²) in [5.41, 5.74) is 7.18. The van der Waals surface area contributed by atoms with Crippen molar-refractivity contribution in [1.29, 1.82) is 0 Å². The molecule has 0 saturated heterocycles. The van der Waals surface area contributed by atoms with Crippen molar-refractivity contribution in [3.8, 4) is 0 Å². The van der Waals surface area contributed by atoms with E-state index < -0.39 is 26.1 Å². The Morgan fingerprint density at radius 3 is 2.05 bits per heavy atom. The Morgan fingerprint density at radius 1 is 0.854 bits per heavy atom. The van der Waals surface area contributed by atoms with Gasteiger partial charge in [0.2, 0.25) is 0 Å². The molecule has 0 heterocycles. The number of hydrogen-bond acceptors (Lipinski definition) is 8. The summed E-state index contributed by atoms with van der Waals surface area (Å²) in [6, 6.07) is 19.2. The van der Waals surface area contributed by atoms with Crippen LogP contribution in [0.5, 0.6) is 0 Å². The van der Waals surface area contributed by atoms with Gasteiger partial charge in [-0.15, -0.1) is 0 Å². The molecule has 0 saturated carbocycles. The van der Waals surface area contributed by atoms with Crippen LogP contribution in [0.4, 0.5) is 0 Å². The lowest BCUT2D eigenvalue weighted by molar-refractivity contribution is -0.147. The number of carbonyl (C=O) groups excluding carboxylic acids is 1. The zero-order chi connectivity index (χ0) is 29.8. The summed E-state index contributed by atoms with van der Waals surface area (Å²) in [6.07, 6.45) is 5.85. The number of carbonyl (C=O) groups is 1. The molecule has 230 valence electrons. The first kappa shape index (κ1) is 35.1. The highest BCUT2D eigenvalue weighted by atomic mass is 31.2. The van der Waals surface area contributed by atoms with Gasteiger partial charge in [-0.05, 0) is 30.4 Å². The number of phosphoric acid groups is 1. The maximum Gasteiger partial charge on any atom is 0.472 e. The van der Waals surface area contributed by atoms with Crippen molar-refractivity contribution in [2.24, 2.45) is 5.73 Å². The molecule has 3 atom stereocenters. The molecule has 1 unspecified atom stereocenters. The van der Waals surface area contributed by atoms with Gasteiger partial charge in [-0.25, -0.2) is 4.57 Å². The largest absolute Gasteiger partial charge is 0.472 e. The maximum absolute atomic E-state index is 12.7. The van der Waals surface area contributed by atoms with Gasteiger partial charge in [0.05, 0.1) is 19.3 Å². The molecule has 41 heavy (non-hydrogen) atoms. The second-order valence-electron chi connectivity index (χ2n) is 10.0. The van der Waals surface area contributed by atoms with Gasteiger partial charge < -0.3 is 25.2 Å². The zero-order valence-corrected chi connectivity index (χ0v) is 25.2. The van der Waals surface area contributed by atoms with Gasteiger partial charge in [0, 0.05) is 19.6 Å². The van der Waals surface area contributed by atoms with Gasteiger partial charge >= 0.3 is 13.8 Å². The SMILES string of the molecule is CCCCCCCC[C@@H](OP(=O)(O)OCCN)[C@H](CO)OCCCCC(=O)OC(c1ccccc1)c1ccccc1. The van der Waals surface area contributed by atoms with Gasteiger partial charge in [0.1, 0.15) is 6.10 Å². The van der Waals surface area contributed by atoms with Crippen LogP contribution in [0, 0.1) is 0 Å². The molecule has 0 amide bonds. The third-order valence-corrected chi connectivity index (χ3v) is 7.68. The molecule has 2 rings (SSSR count). The van der Waals surface area contributed by atoms with Crippen LogP contribution >= 0.6 is 7.82 Å². The number of rotatable bonds is 23. The number of esters is 1. The van der Waals surface area contributed by atoms with Gasteiger partial charge in [0.25, 0.3) is 0 Å². The molecule has 4 N–H and O–H groups in total. The lowest BCUT2D eigenvalue weighted by Gasteiger charge is -2.27. The minimum absolute atomic E-state index is 0.0792. The minimum atomic E-state index is -4.35. The average Bonchev–Trinajstić information content (AvgIpc) is 2.99. The summed E-state index contributed by atoms with van der Waals surface area (Å²) in [6.45, 7) is 1.98. The summed E-state index contributed by atoms with van der Waals surface area (Å²) >= 11 is 0. The summed E-state index contributed by atoms with van der Waals surface area (Å²) < 4.78 is 34.4. The molecule has 0 radical (unpaired) electrons. The molecule has 0 aliphatic rings. The smallest absolute Gasteiger partial charge is 0.453 e. The number of unbranched alkanes of at least 4 members (excludes halogenated alkanes) is 6. The molecule has 0 bridgehead atoms. The van der Waals surface area contributed by atoms with E-state index in [4.69, 9.17) is 24.3 Å². The van der Waals surface area contributed by atoms with Crippen molar-refractivity contribution < 1.29 is 37.9 Å². The van der Waals surface area contributed by atoms with Gasteiger partial charge in [-0.1, -0.05) is 106 Å². The quantitative estimate of drug-likeness (QED) is 0.0795. The highest BCUT2D eigenvalue weighted by Crippen LogP contribution is 2.45. The molecule has 0 fully saturated rings. The number of nitrogens with two attached hydrogens (primary N) is 1. The van der Waals surface area contributed by atoms with E-state index in [9.17, 15) is 19.4 Å². The number of hydrogen-bond donors (Lipinski definition) is 3. The molecule has 10 heteroatoms. The molecular formula is C31H48NO8P. The van der Waals surface area contributed by atoms with E-state index >= 15 is 0 Å². The third-order valence-electron chi connectivity index (χ3n) is 6.64. The lowest BCUT2D eigenvalue weighted by Crippen LogP contribution is -2.35. The van der Waals surface area contributed by atoms with E-state index in [1.54, 1.807) is 0 Å². The van der Waals surface area contributed by atoms with Crippen molar-refractivity contribution >= 4 is 13.8 Å². The van der Waals surface area contributed by atoms with Crippen LogP contribution < -0.4 is 5.73 Å². The number of benzene rings is 2. The molecule has 2 aromatic carbocycles. The normalized spacial score (nSPS) is 14.5. The van der Waals surface area contributed by atoms with Crippen molar-refractivity contribution in [3.05, 3.63) is 71.8 Å². The van der Waals surface area contributed by atoms with Crippen molar-refractivity contribution in [2.45, 2.75) is 89.4 Å². The van der Waals surface area contributed by atoms with Crippen molar-refractivity contribution in [1.82, 2.24) is 0 Å². The van der Waals surface area contributed by atoms with E-state index in [1.165, 1.54) is 6.42 Å². The van der Waals surface area contributed by atoms with Crippen LogP contribution in [-0.4, -0.2) is 54.5 Å². The average molecular weight is 594 g/mol. The van der Waals surface area contributed by atoms with Crippen LogP contribution in [0.2, 0.25) is 0 Å². The Morgan fingerprint density at radius 2 is 1.46 bits per heavy atom. The highest BCUT2D eigenvalue weighted by Gasteiger charge is 2.32. The van der Waals surface area contributed by atoms with E-state index in [0.717, 1.165) is 43.2 Å². The van der Waals surface area contributed by atoms with E-state index in [1.807, 2.05) is 60.7 Å². The lowest BCUT2D eigenvalue weighted by atomic mass is 10.0. The number of ether oxygens (including phenoxy) is 2. The Kier molecular flexibility index (Phi) is 17.7.